The van der Waals surface area contributed by atoms with Crippen molar-refractivity contribution in [3.63, 3.8) is 0 Å². The molecule has 1 aromatic heterocycles. The second kappa shape index (κ2) is 7.04. The lowest BCUT2D eigenvalue weighted by atomic mass is 10.2. The summed E-state index contributed by atoms with van der Waals surface area (Å²) in [7, 11) is -2.10. The van der Waals surface area contributed by atoms with Gasteiger partial charge in [-0.25, -0.2) is 13.1 Å². The fourth-order valence-electron chi connectivity index (χ4n) is 2.28. The van der Waals surface area contributed by atoms with Gasteiger partial charge >= 0.3 is 0 Å². The van der Waals surface area contributed by atoms with Gasteiger partial charge in [0, 0.05) is 0 Å². The number of hydrogen-bond acceptors (Lipinski definition) is 6. The Kier molecular flexibility index (Phi) is 4.82. The van der Waals surface area contributed by atoms with E-state index in [0.29, 0.717) is 11.3 Å². The maximum atomic E-state index is 12.3. The van der Waals surface area contributed by atoms with E-state index in [4.69, 9.17) is 9.15 Å². The van der Waals surface area contributed by atoms with Gasteiger partial charge in [-0.15, -0.1) is 10.2 Å². The highest BCUT2D eigenvalue weighted by molar-refractivity contribution is 7.89. The summed E-state index contributed by atoms with van der Waals surface area (Å²) in [6, 6.07) is 13.9. The highest BCUT2D eigenvalue weighted by atomic mass is 32.2. The van der Waals surface area contributed by atoms with Crippen LogP contribution in [-0.2, 0) is 16.6 Å². The van der Waals surface area contributed by atoms with Crippen molar-refractivity contribution in [3.8, 4) is 17.2 Å². The van der Waals surface area contributed by atoms with Gasteiger partial charge in [0.1, 0.15) is 5.75 Å². The molecule has 0 unspecified atom stereocenters. The first kappa shape index (κ1) is 17.1. The molecule has 3 aromatic rings. The van der Waals surface area contributed by atoms with Gasteiger partial charge in [-0.3, -0.25) is 0 Å². The van der Waals surface area contributed by atoms with E-state index in [1.807, 2.05) is 25.1 Å². The molecule has 2 aromatic carbocycles. The molecule has 1 N–H and O–H groups in total. The lowest BCUT2D eigenvalue weighted by molar-refractivity contribution is 0.413. The molecule has 0 fully saturated rings. The SMILES string of the molecule is COc1ccccc1-c1nnc(CNS(=O)(=O)c2cccc(C)c2)o1. The Morgan fingerprint density at radius 2 is 1.92 bits per heavy atom. The molecule has 130 valence electrons. The number of aryl methyl sites for hydroxylation is 1. The van der Waals surface area contributed by atoms with Crippen LogP contribution in [0.5, 0.6) is 5.75 Å². The zero-order valence-corrected chi connectivity index (χ0v) is 14.6. The Balaban J connectivity index is 1.76. The summed E-state index contributed by atoms with van der Waals surface area (Å²) in [4.78, 5) is 0.192. The van der Waals surface area contributed by atoms with Gasteiger partial charge in [0.2, 0.25) is 15.9 Å². The minimum atomic E-state index is -3.65. The highest BCUT2D eigenvalue weighted by Crippen LogP contribution is 2.28. The number of benzene rings is 2. The van der Waals surface area contributed by atoms with Crippen molar-refractivity contribution in [2.24, 2.45) is 0 Å². The first-order valence-electron chi connectivity index (χ1n) is 7.52. The number of aromatic nitrogens is 2. The van der Waals surface area contributed by atoms with Gasteiger partial charge < -0.3 is 9.15 Å². The molecule has 1 heterocycles. The predicted octanol–water partition coefficient (Wildman–Crippen LogP) is 2.53. The van der Waals surface area contributed by atoms with E-state index in [1.165, 1.54) is 6.07 Å². The van der Waals surface area contributed by atoms with Crippen LogP contribution in [-0.4, -0.2) is 25.7 Å². The zero-order chi connectivity index (χ0) is 17.9. The normalized spacial score (nSPS) is 11.4. The Bertz CT molecular complexity index is 983. The van der Waals surface area contributed by atoms with E-state index in [2.05, 4.69) is 14.9 Å². The molecule has 0 atom stereocenters. The van der Waals surface area contributed by atoms with Crippen molar-refractivity contribution in [1.29, 1.82) is 0 Å². The first-order valence-corrected chi connectivity index (χ1v) is 9.00. The number of nitrogens with zero attached hydrogens (tertiary/aromatic N) is 2. The lowest BCUT2D eigenvalue weighted by Crippen LogP contribution is -2.23. The lowest BCUT2D eigenvalue weighted by Gasteiger charge is -2.05. The Hall–Kier alpha value is -2.71. The average molecular weight is 359 g/mol. The molecule has 3 rings (SSSR count). The summed E-state index contributed by atoms with van der Waals surface area (Å²) in [6.07, 6.45) is 0. The fourth-order valence-corrected chi connectivity index (χ4v) is 3.36. The van der Waals surface area contributed by atoms with Crippen LogP contribution in [0.4, 0.5) is 0 Å². The number of hydrogen-bond donors (Lipinski definition) is 1. The Labute approximate surface area is 145 Å². The Morgan fingerprint density at radius 3 is 2.68 bits per heavy atom. The van der Waals surface area contributed by atoms with Crippen molar-refractivity contribution in [3.05, 3.63) is 60.0 Å². The zero-order valence-electron chi connectivity index (χ0n) is 13.8. The van der Waals surface area contributed by atoms with Crippen molar-refractivity contribution in [2.75, 3.05) is 7.11 Å². The van der Waals surface area contributed by atoms with Crippen molar-refractivity contribution in [2.45, 2.75) is 18.4 Å². The van der Waals surface area contributed by atoms with Crippen LogP contribution >= 0.6 is 0 Å². The van der Waals surface area contributed by atoms with Crippen molar-refractivity contribution >= 4 is 10.0 Å². The van der Waals surface area contributed by atoms with E-state index < -0.39 is 10.0 Å². The maximum Gasteiger partial charge on any atom is 0.251 e. The summed E-state index contributed by atoms with van der Waals surface area (Å²) in [6.45, 7) is 1.73. The molecule has 0 saturated carbocycles. The largest absolute Gasteiger partial charge is 0.496 e. The standard InChI is InChI=1S/C17H17N3O4S/c1-12-6-5-7-13(10-12)25(21,22)18-11-16-19-20-17(24-16)14-8-3-4-9-15(14)23-2/h3-10,18H,11H2,1-2H3. The summed E-state index contributed by atoms with van der Waals surface area (Å²) in [5.41, 5.74) is 1.50. The molecule has 0 aliphatic rings. The van der Waals surface area contributed by atoms with E-state index in [0.717, 1.165) is 5.56 Å². The van der Waals surface area contributed by atoms with Crippen LogP contribution in [0.1, 0.15) is 11.5 Å². The third-order valence-electron chi connectivity index (χ3n) is 3.52. The molecule has 25 heavy (non-hydrogen) atoms. The second-order valence-corrected chi connectivity index (χ2v) is 7.11. The maximum absolute atomic E-state index is 12.3. The van der Waals surface area contributed by atoms with Gasteiger partial charge in [-0.1, -0.05) is 24.3 Å². The van der Waals surface area contributed by atoms with Gasteiger partial charge in [0.15, 0.2) is 0 Å². The van der Waals surface area contributed by atoms with Crippen LogP contribution in [0.2, 0.25) is 0 Å². The molecule has 0 bridgehead atoms. The predicted molar refractivity (Wildman–Crippen MR) is 91.5 cm³/mol. The minimum absolute atomic E-state index is 0.0988. The molecule has 0 aliphatic heterocycles. The van der Waals surface area contributed by atoms with Gasteiger partial charge in [-0.2, -0.15) is 0 Å². The average Bonchev–Trinajstić information content (AvgIpc) is 3.09. The van der Waals surface area contributed by atoms with Gasteiger partial charge in [-0.05, 0) is 36.8 Å². The van der Waals surface area contributed by atoms with Crippen molar-refractivity contribution in [1.82, 2.24) is 14.9 Å². The van der Waals surface area contributed by atoms with Crippen LogP contribution in [0.3, 0.4) is 0 Å². The number of ether oxygens (including phenoxy) is 1. The highest BCUT2D eigenvalue weighted by Gasteiger charge is 2.17. The first-order chi connectivity index (χ1) is 12.0. The molecule has 0 amide bonds. The van der Waals surface area contributed by atoms with Gasteiger partial charge in [0.25, 0.3) is 5.89 Å². The monoisotopic (exact) mass is 359 g/mol. The molecule has 0 radical (unpaired) electrons. The van der Waals surface area contributed by atoms with Gasteiger partial charge in [0.05, 0.1) is 24.1 Å². The third kappa shape index (κ3) is 3.86. The molecular weight excluding hydrogens is 342 g/mol. The van der Waals surface area contributed by atoms with E-state index in [1.54, 1.807) is 31.4 Å². The van der Waals surface area contributed by atoms with Crippen LogP contribution < -0.4 is 9.46 Å². The molecule has 0 spiro atoms. The van der Waals surface area contributed by atoms with E-state index >= 15 is 0 Å². The van der Waals surface area contributed by atoms with Crippen molar-refractivity contribution < 1.29 is 17.6 Å². The number of nitrogens with one attached hydrogen (secondary N) is 1. The van der Waals surface area contributed by atoms with E-state index in [-0.39, 0.29) is 23.2 Å². The number of rotatable bonds is 6. The second-order valence-electron chi connectivity index (χ2n) is 5.34. The molecule has 7 nitrogen and oxygen atoms in total. The molecule has 0 saturated heterocycles. The minimum Gasteiger partial charge on any atom is -0.496 e. The summed E-state index contributed by atoms with van der Waals surface area (Å²) >= 11 is 0. The summed E-state index contributed by atoms with van der Waals surface area (Å²) in [5.74, 6) is 1.03. The topological polar surface area (TPSA) is 94.3 Å². The number of methoxy groups -OCH3 is 1. The third-order valence-corrected chi connectivity index (χ3v) is 4.92. The van der Waals surface area contributed by atoms with Crippen LogP contribution in [0, 0.1) is 6.92 Å². The smallest absolute Gasteiger partial charge is 0.251 e. The van der Waals surface area contributed by atoms with Crippen LogP contribution in [0.25, 0.3) is 11.5 Å². The summed E-state index contributed by atoms with van der Waals surface area (Å²) < 4.78 is 37.9. The molecule has 0 aliphatic carbocycles. The quantitative estimate of drug-likeness (QED) is 0.727. The number of para-hydroxylation sites is 1. The number of sulfonamides is 1. The van der Waals surface area contributed by atoms with E-state index in [9.17, 15) is 8.42 Å². The van der Waals surface area contributed by atoms with Crippen LogP contribution in [0.15, 0.2) is 57.8 Å². The molecule has 8 heteroatoms. The summed E-state index contributed by atoms with van der Waals surface area (Å²) in [5, 5.41) is 7.83. The molecular formula is C17H17N3O4S. The Morgan fingerprint density at radius 1 is 1.12 bits per heavy atom. The fraction of sp³-hybridized carbons (Fsp3) is 0.176.